The molecule has 9 aromatic carbocycles. The zero-order chi connectivity index (χ0) is 40.0. The summed E-state index contributed by atoms with van der Waals surface area (Å²) in [7, 11) is 0. The van der Waals surface area contributed by atoms with Crippen molar-refractivity contribution in [2.75, 3.05) is 4.90 Å². The average Bonchev–Trinajstić information content (AvgIpc) is 3.91. The maximum absolute atomic E-state index is 2.50. The van der Waals surface area contributed by atoms with Crippen molar-refractivity contribution < 1.29 is 0 Å². The van der Waals surface area contributed by atoms with Crippen molar-refractivity contribution in [1.82, 2.24) is 0 Å². The Morgan fingerprint density at radius 1 is 0.383 bits per heavy atom. The summed E-state index contributed by atoms with van der Waals surface area (Å²) in [6, 6.07) is 79.2. The minimum Gasteiger partial charge on any atom is -0.310 e. The topological polar surface area (TPSA) is 3.24 Å². The Labute approximate surface area is 355 Å². The number of nitrogens with zero attached hydrogens (tertiary/aromatic N) is 1. The van der Waals surface area contributed by atoms with Crippen molar-refractivity contribution in [3.05, 3.63) is 246 Å². The molecule has 0 bridgehead atoms. The second-order valence-electron chi connectivity index (χ2n) is 16.8. The molecule has 0 N–H and O–H groups in total. The molecular weight excluding hydrogens is 743 g/mol. The fourth-order valence-corrected chi connectivity index (χ4v) is 11.7. The zero-order valence-corrected chi connectivity index (χ0v) is 34.4. The summed E-state index contributed by atoms with van der Waals surface area (Å²) in [4.78, 5) is 2.50. The van der Waals surface area contributed by atoms with Gasteiger partial charge in [0.15, 0.2) is 0 Å². The number of fused-ring (bicyclic) bond motifs is 9. The van der Waals surface area contributed by atoms with E-state index in [1.807, 2.05) is 11.3 Å². The number of rotatable bonds is 6. The van der Waals surface area contributed by atoms with Gasteiger partial charge in [0.2, 0.25) is 0 Å². The third kappa shape index (κ3) is 4.98. The Balaban J connectivity index is 1.07. The first kappa shape index (κ1) is 35.0. The molecule has 1 aromatic heterocycles. The molecule has 0 radical (unpaired) electrons. The third-order valence-corrected chi connectivity index (χ3v) is 14.5. The van der Waals surface area contributed by atoms with E-state index in [-0.39, 0.29) is 5.41 Å². The smallest absolute Gasteiger partial charge is 0.0713 e. The van der Waals surface area contributed by atoms with E-state index < -0.39 is 5.41 Å². The van der Waals surface area contributed by atoms with Gasteiger partial charge < -0.3 is 4.90 Å². The van der Waals surface area contributed by atoms with Gasteiger partial charge in [-0.05, 0) is 110 Å². The SMILES string of the molecule is CC1(C)c2ccccc2-c2c(N(c3ccc(-c4ccc5sc6ccccc6c5c4)cc3)c3ccc4c(c3)-c3ccccc3C4(c3ccccc3)c3ccccc3)cccc21. The lowest BCUT2D eigenvalue weighted by Gasteiger charge is -2.34. The fourth-order valence-electron chi connectivity index (χ4n) is 10.6. The molecule has 0 atom stereocenters. The van der Waals surface area contributed by atoms with Gasteiger partial charge in [-0.2, -0.15) is 0 Å². The van der Waals surface area contributed by atoms with Gasteiger partial charge in [-0.1, -0.05) is 178 Å². The van der Waals surface area contributed by atoms with Gasteiger partial charge in [0.25, 0.3) is 0 Å². The van der Waals surface area contributed by atoms with Crippen LogP contribution in [0.3, 0.4) is 0 Å². The highest BCUT2D eigenvalue weighted by Crippen LogP contribution is 2.58. The highest BCUT2D eigenvalue weighted by molar-refractivity contribution is 7.25. The first-order valence-electron chi connectivity index (χ1n) is 20.9. The number of hydrogen-bond acceptors (Lipinski definition) is 2. The fraction of sp³-hybridized carbons (Fsp3) is 0.0690. The largest absolute Gasteiger partial charge is 0.310 e. The Bertz CT molecular complexity index is 3240. The van der Waals surface area contributed by atoms with Crippen LogP contribution in [0.4, 0.5) is 17.1 Å². The molecule has 0 fully saturated rings. The molecule has 0 aliphatic heterocycles. The van der Waals surface area contributed by atoms with Gasteiger partial charge in [-0.25, -0.2) is 0 Å². The van der Waals surface area contributed by atoms with E-state index in [1.165, 1.54) is 92.6 Å². The van der Waals surface area contributed by atoms with Crippen LogP contribution in [-0.2, 0) is 10.8 Å². The van der Waals surface area contributed by atoms with Crippen LogP contribution in [0, 0.1) is 0 Å². The second kappa shape index (κ2) is 13.3. The third-order valence-electron chi connectivity index (χ3n) is 13.4. The molecule has 60 heavy (non-hydrogen) atoms. The molecule has 2 heteroatoms. The van der Waals surface area contributed by atoms with Crippen molar-refractivity contribution in [3.8, 4) is 33.4 Å². The maximum Gasteiger partial charge on any atom is 0.0713 e. The molecular formula is C58H41NS. The van der Waals surface area contributed by atoms with Crippen molar-refractivity contribution in [3.63, 3.8) is 0 Å². The molecule has 0 amide bonds. The molecule has 12 rings (SSSR count). The molecule has 1 nitrogen and oxygen atoms in total. The van der Waals surface area contributed by atoms with Crippen molar-refractivity contribution in [2.45, 2.75) is 24.7 Å². The first-order valence-corrected chi connectivity index (χ1v) is 21.7. The van der Waals surface area contributed by atoms with Crippen LogP contribution in [0.5, 0.6) is 0 Å². The van der Waals surface area contributed by atoms with Gasteiger partial charge in [0.05, 0.1) is 11.1 Å². The number of hydrogen-bond donors (Lipinski definition) is 0. The monoisotopic (exact) mass is 783 g/mol. The summed E-state index contributed by atoms with van der Waals surface area (Å²) in [5, 5.41) is 2.64. The summed E-state index contributed by atoms with van der Waals surface area (Å²) in [5.41, 5.74) is 18.4. The van der Waals surface area contributed by atoms with Crippen LogP contribution >= 0.6 is 11.3 Å². The quantitative estimate of drug-likeness (QED) is 0.162. The lowest BCUT2D eigenvalue weighted by atomic mass is 9.68. The summed E-state index contributed by atoms with van der Waals surface area (Å²) < 4.78 is 2.66. The van der Waals surface area contributed by atoms with Crippen LogP contribution in [0.15, 0.2) is 212 Å². The van der Waals surface area contributed by atoms with E-state index in [1.54, 1.807) is 0 Å². The number of benzene rings is 9. The van der Waals surface area contributed by atoms with Gasteiger partial charge in [0, 0.05) is 42.5 Å². The normalized spacial score (nSPS) is 14.1. The lowest BCUT2D eigenvalue weighted by molar-refractivity contribution is 0.660. The van der Waals surface area contributed by atoms with E-state index in [4.69, 9.17) is 0 Å². The Morgan fingerprint density at radius 2 is 0.967 bits per heavy atom. The van der Waals surface area contributed by atoms with Crippen molar-refractivity contribution in [2.24, 2.45) is 0 Å². The molecule has 0 saturated heterocycles. The summed E-state index contributed by atoms with van der Waals surface area (Å²) in [6.45, 7) is 4.74. The van der Waals surface area contributed by atoms with Gasteiger partial charge in [0.1, 0.15) is 0 Å². The number of thiophene rings is 1. The van der Waals surface area contributed by atoms with Crippen LogP contribution in [0.1, 0.15) is 47.2 Å². The minimum atomic E-state index is -0.453. The Kier molecular flexibility index (Phi) is 7.73. The highest BCUT2D eigenvalue weighted by atomic mass is 32.1. The first-order chi connectivity index (χ1) is 29.5. The van der Waals surface area contributed by atoms with Crippen LogP contribution < -0.4 is 4.90 Å². The molecule has 0 spiro atoms. The van der Waals surface area contributed by atoms with Crippen LogP contribution in [-0.4, -0.2) is 0 Å². The summed E-state index contributed by atoms with van der Waals surface area (Å²) >= 11 is 1.87. The highest BCUT2D eigenvalue weighted by Gasteiger charge is 2.46. The van der Waals surface area contributed by atoms with Gasteiger partial charge in [-0.3, -0.25) is 0 Å². The molecule has 10 aromatic rings. The van der Waals surface area contributed by atoms with E-state index in [0.717, 1.165) is 11.4 Å². The standard InChI is InChI=1S/C58H41NS/c1-57(2)49-23-12-10-22-46(49)56-52(57)25-15-26-53(56)59(42-31-28-38(29-32-42)39-30-35-55-48(36-39)45-21-11-14-27-54(45)60-55)43-33-34-51-47(37-43)44-20-9-13-24-50(44)58(51,40-16-5-3-6-17-40)41-18-7-4-8-19-41/h3-37H,1-2H3. The second-order valence-corrected chi connectivity index (χ2v) is 17.9. The molecule has 0 saturated carbocycles. The lowest BCUT2D eigenvalue weighted by Crippen LogP contribution is -2.28. The van der Waals surface area contributed by atoms with E-state index in [9.17, 15) is 0 Å². The van der Waals surface area contributed by atoms with Gasteiger partial charge >= 0.3 is 0 Å². The van der Waals surface area contributed by atoms with Crippen molar-refractivity contribution in [1.29, 1.82) is 0 Å². The van der Waals surface area contributed by atoms with Crippen LogP contribution in [0.2, 0.25) is 0 Å². The van der Waals surface area contributed by atoms with Crippen LogP contribution in [0.25, 0.3) is 53.6 Å². The van der Waals surface area contributed by atoms with Gasteiger partial charge in [-0.15, -0.1) is 11.3 Å². The number of anilines is 3. The summed E-state index contributed by atoms with van der Waals surface area (Å²) in [5.74, 6) is 0. The molecule has 2 aliphatic rings. The average molecular weight is 784 g/mol. The predicted octanol–water partition coefficient (Wildman–Crippen LogP) is 15.9. The zero-order valence-electron chi connectivity index (χ0n) is 33.6. The molecule has 0 unspecified atom stereocenters. The Hall–Kier alpha value is -7.00. The molecule has 284 valence electrons. The summed E-state index contributed by atoms with van der Waals surface area (Å²) in [6.07, 6.45) is 0. The van der Waals surface area contributed by atoms with E-state index in [2.05, 4.69) is 231 Å². The molecule has 2 aliphatic carbocycles. The van der Waals surface area contributed by atoms with Crippen molar-refractivity contribution >= 4 is 48.6 Å². The molecule has 1 heterocycles. The van der Waals surface area contributed by atoms with E-state index in [0.29, 0.717) is 0 Å². The predicted molar refractivity (Wildman–Crippen MR) is 254 cm³/mol. The maximum atomic E-state index is 2.50. The van der Waals surface area contributed by atoms with E-state index >= 15 is 0 Å². The Morgan fingerprint density at radius 3 is 1.73 bits per heavy atom. The minimum absolute atomic E-state index is 0.121.